The van der Waals surface area contributed by atoms with E-state index >= 15 is 0 Å². The number of rotatable bonds is 4. The van der Waals surface area contributed by atoms with E-state index in [0.29, 0.717) is 0 Å². The van der Waals surface area contributed by atoms with Crippen LogP contribution in [-0.2, 0) is 0 Å². The van der Waals surface area contributed by atoms with E-state index in [1.807, 2.05) is 18.2 Å². The minimum Gasteiger partial charge on any atom is -0.393 e. The van der Waals surface area contributed by atoms with Gasteiger partial charge in [-0.15, -0.1) is 0 Å². The van der Waals surface area contributed by atoms with Crippen molar-refractivity contribution in [1.82, 2.24) is 0 Å². The molecule has 1 rings (SSSR count). The number of aliphatic hydroxyl groups excluding tert-OH is 1. The van der Waals surface area contributed by atoms with Crippen molar-refractivity contribution >= 4 is 39.9 Å². The van der Waals surface area contributed by atoms with E-state index in [2.05, 4.69) is 27.9 Å². The Morgan fingerprint density at radius 1 is 1.57 bits per heavy atom. The minimum atomic E-state index is -0.257. The lowest BCUT2D eigenvalue weighted by Crippen LogP contribution is -2.10. The lowest BCUT2D eigenvalue weighted by atomic mass is 10.2. The molecular weight excluding hydrogens is 312 g/mol. The topological polar surface area (TPSA) is 32.3 Å². The van der Waals surface area contributed by atoms with Gasteiger partial charge in [-0.05, 0) is 54.1 Å². The maximum Gasteiger partial charge on any atom is 0.0528 e. The van der Waals surface area contributed by atoms with Crippen LogP contribution >= 0.6 is 34.2 Å². The van der Waals surface area contributed by atoms with Gasteiger partial charge in [-0.1, -0.05) is 11.6 Å². The molecule has 78 valence electrons. The second-order valence-electron chi connectivity index (χ2n) is 3.19. The molecule has 0 fully saturated rings. The van der Waals surface area contributed by atoms with Gasteiger partial charge in [0.15, 0.2) is 0 Å². The van der Waals surface area contributed by atoms with E-state index in [9.17, 15) is 0 Å². The highest BCUT2D eigenvalue weighted by molar-refractivity contribution is 14.1. The highest BCUT2D eigenvalue weighted by Crippen LogP contribution is 2.22. The molecule has 0 amide bonds. The Hall–Kier alpha value is -0.000000000000000111. The number of halogens is 2. The van der Waals surface area contributed by atoms with Crippen LogP contribution in [0.2, 0.25) is 5.02 Å². The van der Waals surface area contributed by atoms with Crippen molar-refractivity contribution in [3.05, 3.63) is 26.8 Å². The first-order chi connectivity index (χ1) is 6.59. The van der Waals surface area contributed by atoms with Gasteiger partial charge in [-0.2, -0.15) is 0 Å². The van der Waals surface area contributed by atoms with E-state index in [1.165, 1.54) is 0 Å². The molecule has 0 aliphatic carbocycles. The molecule has 0 saturated carbocycles. The van der Waals surface area contributed by atoms with Crippen LogP contribution in [0.25, 0.3) is 0 Å². The van der Waals surface area contributed by atoms with E-state index in [0.717, 1.165) is 27.2 Å². The number of benzene rings is 1. The first kappa shape index (κ1) is 12.1. The van der Waals surface area contributed by atoms with Gasteiger partial charge in [0.25, 0.3) is 0 Å². The summed E-state index contributed by atoms with van der Waals surface area (Å²) in [5.41, 5.74) is 1.07. The molecule has 2 N–H and O–H groups in total. The van der Waals surface area contributed by atoms with Crippen LogP contribution in [0, 0.1) is 3.57 Å². The molecule has 0 aliphatic rings. The van der Waals surface area contributed by atoms with Crippen molar-refractivity contribution in [3.8, 4) is 0 Å². The summed E-state index contributed by atoms with van der Waals surface area (Å²) in [4.78, 5) is 0. The molecule has 1 atom stereocenters. The minimum absolute atomic E-state index is 0.257. The van der Waals surface area contributed by atoms with Gasteiger partial charge in [0.1, 0.15) is 0 Å². The maximum absolute atomic E-state index is 9.08. The number of aliphatic hydroxyl groups is 1. The summed E-state index contributed by atoms with van der Waals surface area (Å²) < 4.78 is 1.10. The maximum atomic E-state index is 9.08. The lowest BCUT2D eigenvalue weighted by molar-refractivity contribution is 0.189. The molecule has 0 saturated heterocycles. The van der Waals surface area contributed by atoms with Crippen LogP contribution < -0.4 is 5.32 Å². The van der Waals surface area contributed by atoms with E-state index in [4.69, 9.17) is 16.7 Å². The lowest BCUT2D eigenvalue weighted by Gasteiger charge is -2.09. The average molecular weight is 326 g/mol. The van der Waals surface area contributed by atoms with Gasteiger partial charge in [0, 0.05) is 20.8 Å². The SMILES string of the molecule is CC(O)CCNc1ccc(Cl)cc1I. The number of anilines is 1. The third-order valence-corrected chi connectivity index (χ3v) is 2.94. The molecule has 1 aromatic rings. The van der Waals surface area contributed by atoms with Crippen LogP contribution in [-0.4, -0.2) is 17.8 Å². The first-order valence-corrected chi connectivity index (χ1v) is 5.92. The van der Waals surface area contributed by atoms with Gasteiger partial charge in [-0.25, -0.2) is 0 Å². The largest absolute Gasteiger partial charge is 0.393 e. The zero-order valence-electron chi connectivity index (χ0n) is 7.93. The third-order valence-electron chi connectivity index (χ3n) is 1.81. The predicted molar refractivity (Wildman–Crippen MR) is 69.0 cm³/mol. The van der Waals surface area contributed by atoms with Crippen LogP contribution in [0.4, 0.5) is 5.69 Å². The van der Waals surface area contributed by atoms with Gasteiger partial charge < -0.3 is 10.4 Å². The molecule has 0 aliphatic heterocycles. The standard InChI is InChI=1S/C10H13ClINO/c1-7(14)4-5-13-10-3-2-8(11)6-9(10)12/h2-3,6-7,13-14H,4-5H2,1H3. The van der Waals surface area contributed by atoms with Gasteiger partial charge in [0.2, 0.25) is 0 Å². The fraction of sp³-hybridized carbons (Fsp3) is 0.400. The first-order valence-electron chi connectivity index (χ1n) is 4.46. The molecule has 2 nitrogen and oxygen atoms in total. The highest BCUT2D eigenvalue weighted by Gasteiger charge is 2.00. The summed E-state index contributed by atoms with van der Waals surface area (Å²) in [5, 5.41) is 13.1. The summed E-state index contributed by atoms with van der Waals surface area (Å²) in [6.45, 7) is 2.56. The molecule has 0 radical (unpaired) electrons. The summed E-state index contributed by atoms with van der Waals surface area (Å²) in [6.07, 6.45) is 0.492. The molecular formula is C10H13ClINO. The smallest absolute Gasteiger partial charge is 0.0528 e. The Morgan fingerprint density at radius 2 is 2.29 bits per heavy atom. The molecule has 0 spiro atoms. The van der Waals surface area contributed by atoms with Crippen LogP contribution in [0.1, 0.15) is 13.3 Å². The highest BCUT2D eigenvalue weighted by atomic mass is 127. The molecule has 14 heavy (non-hydrogen) atoms. The Labute approximate surface area is 103 Å². The van der Waals surface area contributed by atoms with E-state index in [-0.39, 0.29) is 6.10 Å². The molecule has 0 heterocycles. The molecule has 4 heteroatoms. The monoisotopic (exact) mass is 325 g/mol. The Kier molecular flexibility index (Phi) is 4.98. The number of hydrogen-bond donors (Lipinski definition) is 2. The number of nitrogens with one attached hydrogen (secondary N) is 1. The summed E-state index contributed by atoms with van der Waals surface area (Å²) >= 11 is 8.06. The third kappa shape index (κ3) is 4.02. The predicted octanol–water partition coefficient (Wildman–Crippen LogP) is 3.13. The van der Waals surface area contributed by atoms with Gasteiger partial charge in [0.05, 0.1) is 6.10 Å². The Balaban J connectivity index is 2.51. The van der Waals surface area contributed by atoms with Crippen molar-refractivity contribution in [2.75, 3.05) is 11.9 Å². The van der Waals surface area contributed by atoms with Crippen molar-refractivity contribution in [2.24, 2.45) is 0 Å². The van der Waals surface area contributed by atoms with Crippen LogP contribution in [0.15, 0.2) is 18.2 Å². The second kappa shape index (κ2) is 5.78. The fourth-order valence-electron chi connectivity index (χ4n) is 1.05. The molecule has 1 aromatic carbocycles. The average Bonchev–Trinajstić information content (AvgIpc) is 2.08. The Morgan fingerprint density at radius 3 is 2.86 bits per heavy atom. The number of hydrogen-bond acceptors (Lipinski definition) is 2. The van der Waals surface area contributed by atoms with Crippen molar-refractivity contribution in [1.29, 1.82) is 0 Å². The zero-order valence-corrected chi connectivity index (χ0v) is 10.8. The van der Waals surface area contributed by atoms with Crippen LogP contribution in [0.5, 0.6) is 0 Å². The normalized spacial score (nSPS) is 12.6. The molecule has 1 unspecified atom stereocenters. The zero-order chi connectivity index (χ0) is 10.6. The van der Waals surface area contributed by atoms with E-state index in [1.54, 1.807) is 6.92 Å². The molecule has 0 bridgehead atoms. The fourth-order valence-corrected chi connectivity index (χ4v) is 2.11. The summed E-state index contributed by atoms with van der Waals surface area (Å²) in [6, 6.07) is 5.72. The van der Waals surface area contributed by atoms with Crippen LogP contribution in [0.3, 0.4) is 0 Å². The summed E-state index contributed by atoms with van der Waals surface area (Å²) in [7, 11) is 0. The quantitative estimate of drug-likeness (QED) is 0.834. The van der Waals surface area contributed by atoms with E-state index < -0.39 is 0 Å². The van der Waals surface area contributed by atoms with Gasteiger partial charge >= 0.3 is 0 Å². The Bertz CT molecular complexity index is 304. The second-order valence-corrected chi connectivity index (χ2v) is 4.79. The van der Waals surface area contributed by atoms with Crippen molar-refractivity contribution < 1.29 is 5.11 Å². The molecule has 0 aromatic heterocycles. The van der Waals surface area contributed by atoms with Crippen molar-refractivity contribution in [2.45, 2.75) is 19.4 Å². The summed E-state index contributed by atoms with van der Waals surface area (Å²) in [5.74, 6) is 0. The van der Waals surface area contributed by atoms with Gasteiger partial charge in [-0.3, -0.25) is 0 Å². The van der Waals surface area contributed by atoms with Crippen molar-refractivity contribution in [3.63, 3.8) is 0 Å².